The Hall–Kier alpha value is -0.770. The molecular formula is C14H26N4. The van der Waals surface area contributed by atoms with Gasteiger partial charge < -0.3 is 15.1 Å². The van der Waals surface area contributed by atoms with Crippen molar-refractivity contribution in [3.05, 3.63) is 0 Å². The second kappa shape index (κ2) is 5.47. The van der Waals surface area contributed by atoms with Crippen LogP contribution in [0, 0.1) is 5.92 Å². The number of nitrogens with one attached hydrogen (secondary N) is 1. The molecule has 0 aromatic carbocycles. The van der Waals surface area contributed by atoms with E-state index < -0.39 is 0 Å². The smallest absolute Gasteiger partial charge is 0.194 e. The summed E-state index contributed by atoms with van der Waals surface area (Å²) in [6.07, 6.45) is 5.51. The maximum Gasteiger partial charge on any atom is 0.194 e. The van der Waals surface area contributed by atoms with Crippen molar-refractivity contribution in [3.8, 4) is 0 Å². The number of nitrogens with zero attached hydrogens (tertiary/aromatic N) is 3. The van der Waals surface area contributed by atoms with Crippen LogP contribution in [-0.2, 0) is 0 Å². The van der Waals surface area contributed by atoms with Crippen molar-refractivity contribution in [2.75, 3.05) is 39.3 Å². The first-order valence-corrected chi connectivity index (χ1v) is 7.59. The third-order valence-corrected chi connectivity index (χ3v) is 4.52. The van der Waals surface area contributed by atoms with Crippen molar-refractivity contribution in [1.82, 2.24) is 15.1 Å². The van der Waals surface area contributed by atoms with E-state index in [4.69, 9.17) is 0 Å². The molecule has 0 amide bonds. The van der Waals surface area contributed by atoms with Crippen LogP contribution in [0.15, 0.2) is 4.99 Å². The third kappa shape index (κ3) is 2.79. The van der Waals surface area contributed by atoms with Crippen LogP contribution >= 0.6 is 0 Å². The third-order valence-electron chi connectivity index (χ3n) is 4.52. The molecule has 1 unspecified atom stereocenters. The first kappa shape index (κ1) is 12.3. The summed E-state index contributed by atoms with van der Waals surface area (Å²) in [5.74, 6) is 2.07. The van der Waals surface area contributed by atoms with E-state index in [2.05, 4.69) is 27.0 Å². The molecule has 1 atom stereocenters. The van der Waals surface area contributed by atoms with E-state index in [1.165, 1.54) is 58.4 Å². The fourth-order valence-electron chi connectivity index (χ4n) is 3.38. The van der Waals surface area contributed by atoms with E-state index in [0.29, 0.717) is 6.04 Å². The highest BCUT2D eigenvalue weighted by molar-refractivity contribution is 5.81. The number of piperidine rings is 1. The van der Waals surface area contributed by atoms with Crippen molar-refractivity contribution in [2.45, 2.75) is 38.6 Å². The Morgan fingerprint density at radius 1 is 1.17 bits per heavy atom. The summed E-state index contributed by atoms with van der Waals surface area (Å²) >= 11 is 0. The molecule has 2 fully saturated rings. The lowest BCUT2D eigenvalue weighted by Gasteiger charge is -2.35. The summed E-state index contributed by atoms with van der Waals surface area (Å²) in [5, 5.41) is 3.48. The highest BCUT2D eigenvalue weighted by atomic mass is 15.3. The monoisotopic (exact) mass is 250 g/mol. The van der Waals surface area contributed by atoms with Gasteiger partial charge in [-0.2, -0.15) is 0 Å². The highest BCUT2D eigenvalue weighted by Gasteiger charge is 2.26. The molecule has 0 spiro atoms. The van der Waals surface area contributed by atoms with Gasteiger partial charge in [-0.3, -0.25) is 4.99 Å². The Kier molecular flexibility index (Phi) is 3.73. The highest BCUT2D eigenvalue weighted by Crippen LogP contribution is 2.21. The van der Waals surface area contributed by atoms with Crippen LogP contribution in [0.3, 0.4) is 0 Å². The van der Waals surface area contributed by atoms with Gasteiger partial charge in [-0.1, -0.05) is 0 Å². The molecule has 4 heteroatoms. The summed E-state index contributed by atoms with van der Waals surface area (Å²) in [6, 6.07) is 0.530. The lowest BCUT2D eigenvalue weighted by atomic mass is 9.96. The lowest BCUT2D eigenvalue weighted by molar-refractivity contribution is 0.199. The Labute approximate surface area is 110 Å². The van der Waals surface area contributed by atoms with Gasteiger partial charge in [-0.25, -0.2) is 0 Å². The summed E-state index contributed by atoms with van der Waals surface area (Å²) in [6.45, 7) is 9.55. The van der Waals surface area contributed by atoms with Crippen LogP contribution in [0.25, 0.3) is 0 Å². The summed E-state index contributed by atoms with van der Waals surface area (Å²) in [7, 11) is 0. The number of likely N-dealkylation sites (tertiary alicyclic amines) is 2. The molecule has 4 nitrogen and oxygen atoms in total. The topological polar surface area (TPSA) is 30.9 Å². The van der Waals surface area contributed by atoms with Crippen molar-refractivity contribution < 1.29 is 0 Å². The largest absolute Gasteiger partial charge is 0.352 e. The summed E-state index contributed by atoms with van der Waals surface area (Å²) < 4.78 is 0. The molecule has 0 radical (unpaired) electrons. The van der Waals surface area contributed by atoms with Crippen molar-refractivity contribution >= 4 is 5.96 Å². The lowest BCUT2D eigenvalue weighted by Crippen LogP contribution is -2.46. The Morgan fingerprint density at radius 2 is 1.89 bits per heavy atom. The van der Waals surface area contributed by atoms with E-state index in [-0.39, 0.29) is 0 Å². The molecular weight excluding hydrogens is 224 g/mol. The molecule has 2 saturated heterocycles. The van der Waals surface area contributed by atoms with Gasteiger partial charge in [-0.15, -0.1) is 0 Å². The van der Waals surface area contributed by atoms with Crippen molar-refractivity contribution in [2.24, 2.45) is 10.9 Å². The van der Waals surface area contributed by atoms with Gasteiger partial charge in [0.05, 0.1) is 6.54 Å². The molecule has 3 rings (SSSR count). The minimum absolute atomic E-state index is 0.530. The maximum absolute atomic E-state index is 4.59. The van der Waals surface area contributed by atoms with Crippen molar-refractivity contribution in [3.63, 3.8) is 0 Å². The molecule has 0 aromatic heterocycles. The summed E-state index contributed by atoms with van der Waals surface area (Å²) in [4.78, 5) is 9.70. The van der Waals surface area contributed by atoms with E-state index in [0.717, 1.165) is 18.4 Å². The van der Waals surface area contributed by atoms with Gasteiger partial charge in [0.1, 0.15) is 0 Å². The first-order chi connectivity index (χ1) is 8.81. The standard InChI is InChI=1S/C14H26N4/c1-12-10-15-14(16-12)18-8-4-13(5-9-18)11-17-6-2-3-7-17/h12-13H,2-11H2,1H3,(H,15,16). The second-order valence-electron chi connectivity index (χ2n) is 6.15. The Balaban J connectivity index is 1.43. The van der Waals surface area contributed by atoms with E-state index in [1.807, 2.05) is 0 Å². The minimum atomic E-state index is 0.530. The zero-order valence-electron chi connectivity index (χ0n) is 11.6. The fraction of sp³-hybridized carbons (Fsp3) is 0.929. The first-order valence-electron chi connectivity index (χ1n) is 7.59. The zero-order chi connectivity index (χ0) is 12.4. The second-order valence-corrected chi connectivity index (χ2v) is 6.15. The number of rotatable bonds is 2. The van der Waals surface area contributed by atoms with Crippen LogP contribution in [0.2, 0.25) is 0 Å². The molecule has 18 heavy (non-hydrogen) atoms. The van der Waals surface area contributed by atoms with Gasteiger partial charge in [-0.05, 0) is 51.6 Å². The molecule has 0 saturated carbocycles. The van der Waals surface area contributed by atoms with Gasteiger partial charge in [0.2, 0.25) is 0 Å². The van der Waals surface area contributed by atoms with Gasteiger partial charge in [0.15, 0.2) is 5.96 Å². The average Bonchev–Trinajstić information content (AvgIpc) is 3.02. The van der Waals surface area contributed by atoms with E-state index in [1.54, 1.807) is 0 Å². The summed E-state index contributed by atoms with van der Waals surface area (Å²) in [5.41, 5.74) is 0. The van der Waals surface area contributed by atoms with Crippen LogP contribution in [0.5, 0.6) is 0 Å². The quantitative estimate of drug-likeness (QED) is 0.797. The van der Waals surface area contributed by atoms with Gasteiger partial charge >= 0.3 is 0 Å². The Bertz CT molecular complexity index is 301. The minimum Gasteiger partial charge on any atom is -0.352 e. The van der Waals surface area contributed by atoms with Crippen LogP contribution in [-0.4, -0.2) is 61.1 Å². The fourth-order valence-corrected chi connectivity index (χ4v) is 3.38. The van der Waals surface area contributed by atoms with Gasteiger partial charge in [0, 0.05) is 25.7 Å². The molecule has 3 aliphatic heterocycles. The molecule has 3 aliphatic rings. The molecule has 0 bridgehead atoms. The molecule has 1 N–H and O–H groups in total. The molecule has 102 valence electrons. The molecule has 0 aliphatic carbocycles. The molecule has 3 heterocycles. The number of guanidine groups is 1. The normalized spacial score (nSPS) is 30.6. The van der Waals surface area contributed by atoms with Crippen LogP contribution in [0.4, 0.5) is 0 Å². The Morgan fingerprint density at radius 3 is 2.50 bits per heavy atom. The maximum atomic E-state index is 4.59. The predicted octanol–water partition coefficient (Wildman–Crippen LogP) is 1.14. The zero-order valence-corrected chi connectivity index (χ0v) is 11.6. The number of aliphatic imine (C=N–C) groups is 1. The number of hydrogen-bond donors (Lipinski definition) is 1. The molecule has 0 aromatic rings. The van der Waals surface area contributed by atoms with E-state index >= 15 is 0 Å². The van der Waals surface area contributed by atoms with Crippen molar-refractivity contribution in [1.29, 1.82) is 0 Å². The van der Waals surface area contributed by atoms with E-state index in [9.17, 15) is 0 Å². The number of hydrogen-bond acceptors (Lipinski definition) is 4. The average molecular weight is 250 g/mol. The predicted molar refractivity (Wildman–Crippen MR) is 74.9 cm³/mol. The van der Waals surface area contributed by atoms with Gasteiger partial charge in [0.25, 0.3) is 0 Å². The SMILES string of the molecule is CC1CN=C(N2CCC(CN3CCCC3)CC2)N1. The van der Waals surface area contributed by atoms with Crippen LogP contribution < -0.4 is 5.32 Å². The van der Waals surface area contributed by atoms with Crippen LogP contribution in [0.1, 0.15) is 32.6 Å².